The van der Waals surface area contributed by atoms with Gasteiger partial charge in [0.05, 0.1) is 5.41 Å². The van der Waals surface area contributed by atoms with Crippen LogP contribution < -0.4 is 0 Å². The molecule has 1 N–H and O–H groups in total. The Hall–Kier alpha value is -1.42. The van der Waals surface area contributed by atoms with Gasteiger partial charge in [-0.2, -0.15) is 0 Å². The van der Waals surface area contributed by atoms with E-state index in [1.807, 2.05) is 19.2 Å². The number of carboxylic acids is 1. The van der Waals surface area contributed by atoms with Crippen LogP contribution in [0.3, 0.4) is 0 Å². The molecule has 2 atom stereocenters. The number of pyridine rings is 1. The lowest BCUT2D eigenvalue weighted by Gasteiger charge is -2.39. The molecule has 0 spiro atoms. The van der Waals surface area contributed by atoms with Crippen LogP contribution in [0.1, 0.15) is 38.2 Å². The highest BCUT2D eigenvalue weighted by atomic mass is 16.4. The number of carbonyl (C=O) groups is 1. The molecule has 0 saturated heterocycles. The van der Waals surface area contributed by atoms with Gasteiger partial charge in [-0.25, -0.2) is 0 Å². The van der Waals surface area contributed by atoms with E-state index in [-0.39, 0.29) is 0 Å². The van der Waals surface area contributed by atoms with E-state index in [0.29, 0.717) is 12.5 Å². The molecule has 2 rings (SSSR count). The fraction of sp³-hybridized carbons (Fsp3) is 0.647. The maximum Gasteiger partial charge on any atom is 0.310 e. The monoisotopic (exact) mass is 290 g/mol. The van der Waals surface area contributed by atoms with Crippen molar-refractivity contribution in [1.29, 1.82) is 0 Å². The summed E-state index contributed by atoms with van der Waals surface area (Å²) in [4.78, 5) is 18.0. The fourth-order valence-electron chi connectivity index (χ4n) is 3.53. The Bertz CT molecular complexity index is 463. The van der Waals surface area contributed by atoms with Crippen LogP contribution in [0.2, 0.25) is 0 Å². The molecule has 1 aromatic heterocycles. The van der Waals surface area contributed by atoms with Gasteiger partial charge in [-0.15, -0.1) is 0 Å². The first-order valence-electron chi connectivity index (χ1n) is 7.83. The lowest BCUT2D eigenvalue weighted by molar-refractivity contribution is -0.153. The Morgan fingerprint density at radius 1 is 1.48 bits per heavy atom. The Morgan fingerprint density at radius 3 is 2.81 bits per heavy atom. The van der Waals surface area contributed by atoms with Crippen LogP contribution in [0.15, 0.2) is 24.5 Å². The Kier molecular flexibility index (Phi) is 5.34. The van der Waals surface area contributed by atoms with Gasteiger partial charge in [0, 0.05) is 25.5 Å². The molecule has 0 aromatic carbocycles. The molecule has 0 amide bonds. The minimum Gasteiger partial charge on any atom is -0.481 e. The van der Waals surface area contributed by atoms with E-state index in [0.717, 1.165) is 38.6 Å². The minimum absolute atomic E-state index is 0.517. The number of aromatic nitrogens is 1. The van der Waals surface area contributed by atoms with Crippen LogP contribution in [-0.2, 0) is 11.2 Å². The lowest BCUT2D eigenvalue weighted by atomic mass is 9.69. The summed E-state index contributed by atoms with van der Waals surface area (Å²) in [6, 6.07) is 4.03. The molecule has 1 saturated carbocycles. The number of nitrogens with zero attached hydrogens (tertiary/aromatic N) is 2. The number of carboxylic acid groups (broad SMARTS) is 1. The summed E-state index contributed by atoms with van der Waals surface area (Å²) in [5, 5.41) is 9.71. The first-order chi connectivity index (χ1) is 10.0. The second-order valence-electron chi connectivity index (χ2n) is 6.63. The molecule has 4 nitrogen and oxygen atoms in total. The van der Waals surface area contributed by atoms with Gasteiger partial charge in [0.15, 0.2) is 0 Å². The van der Waals surface area contributed by atoms with E-state index < -0.39 is 11.4 Å². The number of aliphatic carboxylic acids is 1. The predicted octanol–water partition coefficient (Wildman–Crippen LogP) is 2.84. The molecular formula is C17H26N2O2. The zero-order valence-corrected chi connectivity index (χ0v) is 13.1. The third kappa shape index (κ3) is 4.27. The van der Waals surface area contributed by atoms with Crippen LogP contribution >= 0.6 is 0 Å². The SMILES string of the molecule is CC1CCCC(CN(C)CCc2ccncc2)(C(=O)O)C1. The highest BCUT2D eigenvalue weighted by Gasteiger charge is 2.42. The van der Waals surface area contributed by atoms with E-state index in [4.69, 9.17) is 0 Å². The molecule has 1 fully saturated rings. The average molecular weight is 290 g/mol. The molecule has 0 aliphatic heterocycles. The molecule has 4 heteroatoms. The van der Waals surface area contributed by atoms with Gasteiger partial charge in [0.25, 0.3) is 0 Å². The highest BCUT2D eigenvalue weighted by molar-refractivity contribution is 5.75. The van der Waals surface area contributed by atoms with Crippen LogP contribution in [0, 0.1) is 11.3 Å². The summed E-state index contributed by atoms with van der Waals surface area (Å²) >= 11 is 0. The number of hydrogen-bond donors (Lipinski definition) is 1. The van der Waals surface area contributed by atoms with Crippen molar-refractivity contribution in [2.75, 3.05) is 20.1 Å². The Balaban J connectivity index is 1.92. The van der Waals surface area contributed by atoms with Gasteiger partial charge < -0.3 is 10.0 Å². The first-order valence-corrected chi connectivity index (χ1v) is 7.83. The fourth-order valence-corrected chi connectivity index (χ4v) is 3.53. The Morgan fingerprint density at radius 2 is 2.19 bits per heavy atom. The van der Waals surface area contributed by atoms with Crippen molar-refractivity contribution in [3.63, 3.8) is 0 Å². The molecule has 0 bridgehead atoms. The third-order valence-electron chi connectivity index (χ3n) is 4.65. The van der Waals surface area contributed by atoms with Crippen LogP contribution in [0.4, 0.5) is 0 Å². The van der Waals surface area contributed by atoms with Crippen LogP contribution in [-0.4, -0.2) is 41.1 Å². The summed E-state index contributed by atoms with van der Waals surface area (Å²) in [7, 11) is 2.03. The zero-order chi connectivity index (χ0) is 15.3. The van der Waals surface area contributed by atoms with Crippen molar-refractivity contribution in [1.82, 2.24) is 9.88 Å². The summed E-state index contributed by atoms with van der Waals surface area (Å²) in [5.41, 5.74) is 0.697. The van der Waals surface area contributed by atoms with Crippen molar-refractivity contribution in [3.05, 3.63) is 30.1 Å². The standard InChI is InChI=1S/C17H26N2O2/c1-14-4-3-8-17(12-14,16(20)21)13-19(2)11-7-15-5-9-18-10-6-15/h5-6,9-10,14H,3-4,7-8,11-13H2,1-2H3,(H,20,21). The van der Waals surface area contributed by atoms with Gasteiger partial charge in [0.2, 0.25) is 0 Å². The molecule has 1 heterocycles. The van der Waals surface area contributed by atoms with E-state index in [9.17, 15) is 9.90 Å². The van der Waals surface area contributed by atoms with Gasteiger partial charge >= 0.3 is 5.97 Å². The maximum atomic E-state index is 11.8. The van der Waals surface area contributed by atoms with Crippen molar-refractivity contribution in [2.24, 2.45) is 11.3 Å². The van der Waals surface area contributed by atoms with Gasteiger partial charge in [-0.3, -0.25) is 9.78 Å². The molecule has 116 valence electrons. The third-order valence-corrected chi connectivity index (χ3v) is 4.65. The van der Waals surface area contributed by atoms with E-state index in [2.05, 4.69) is 16.8 Å². The topological polar surface area (TPSA) is 53.4 Å². The maximum absolute atomic E-state index is 11.8. The average Bonchev–Trinajstić information content (AvgIpc) is 2.46. The number of likely N-dealkylation sites (N-methyl/N-ethyl adjacent to an activating group) is 1. The quantitative estimate of drug-likeness (QED) is 0.875. The molecular weight excluding hydrogens is 264 g/mol. The summed E-state index contributed by atoms with van der Waals surface area (Å²) in [6.07, 6.45) is 8.35. The summed E-state index contributed by atoms with van der Waals surface area (Å²) < 4.78 is 0. The molecule has 1 aromatic rings. The van der Waals surface area contributed by atoms with Crippen molar-refractivity contribution in [2.45, 2.75) is 39.0 Å². The summed E-state index contributed by atoms with van der Waals surface area (Å²) in [5.74, 6) is -0.103. The molecule has 1 aliphatic rings. The second kappa shape index (κ2) is 7.03. The summed E-state index contributed by atoms with van der Waals surface area (Å²) in [6.45, 7) is 3.71. The van der Waals surface area contributed by atoms with E-state index >= 15 is 0 Å². The molecule has 21 heavy (non-hydrogen) atoms. The van der Waals surface area contributed by atoms with E-state index in [1.54, 1.807) is 12.4 Å². The predicted molar refractivity (Wildman–Crippen MR) is 83.1 cm³/mol. The lowest BCUT2D eigenvalue weighted by Crippen LogP contribution is -2.45. The zero-order valence-electron chi connectivity index (χ0n) is 13.1. The van der Waals surface area contributed by atoms with Gasteiger partial charge in [-0.1, -0.05) is 19.8 Å². The number of rotatable bonds is 6. The molecule has 0 radical (unpaired) electrons. The minimum atomic E-state index is -0.621. The Labute approximate surface area is 127 Å². The van der Waals surface area contributed by atoms with Gasteiger partial charge in [-0.05, 0) is 49.9 Å². The molecule has 1 aliphatic carbocycles. The first kappa shape index (κ1) is 16.0. The van der Waals surface area contributed by atoms with Crippen LogP contribution in [0.5, 0.6) is 0 Å². The largest absolute Gasteiger partial charge is 0.481 e. The van der Waals surface area contributed by atoms with Crippen LogP contribution in [0.25, 0.3) is 0 Å². The number of hydrogen-bond acceptors (Lipinski definition) is 3. The van der Waals surface area contributed by atoms with Gasteiger partial charge in [0.1, 0.15) is 0 Å². The van der Waals surface area contributed by atoms with Crippen molar-refractivity contribution >= 4 is 5.97 Å². The van der Waals surface area contributed by atoms with E-state index in [1.165, 1.54) is 5.56 Å². The highest BCUT2D eigenvalue weighted by Crippen LogP contribution is 2.40. The van der Waals surface area contributed by atoms with Crippen molar-refractivity contribution in [3.8, 4) is 0 Å². The van der Waals surface area contributed by atoms with Crippen molar-refractivity contribution < 1.29 is 9.90 Å². The normalized spacial score (nSPS) is 26.0. The smallest absolute Gasteiger partial charge is 0.310 e. The second-order valence-corrected chi connectivity index (χ2v) is 6.63. The molecule has 2 unspecified atom stereocenters.